The predicted molar refractivity (Wildman–Crippen MR) is 178 cm³/mol. The molecular weight excluding hydrogens is 721 g/mol. The van der Waals surface area contributed by atoms with Gasteiger partial charge in [-0.25, -0.2) is 4.79 Å². The summed E-state index contributed by atoms with van der Waals surface area (Å²) in [7, 11) is 0. The number of alkyl halides is 3. The van der Waals surface area contributed by atoms with Gasteiger partial charge in [-0.3, -0.25) is 18.7 Å². The molecule has 5 aromatic rings. The predicted octanol–water partition coefficient (Wildman–Crippen LogP) is 6.29. The number of carbonyl (C=O) groups is 2. The van der Waals surface area contributed by atoms with E-state index in [9.17, 15) is 27.6 Å². The van der Waals surface area contributed by atoms with Gasteiger partial charge in [-0.05, 0) is 73.9 Å². The molecule has 2 aliphatic rings. The minimum Gasteiger partial charge on any atom is -0.490 e. The number of carbonyl (C=O) groups excluding carboxylic acids is 2. The van der Waals surface area contributed by atoms with E-state index in [1.165, 1.54) is 26.2 Å². The van der Waals surface area contributed by atoms with E-state index in [0.717, 1.165) is 18.9 Å². The van der Waals surface area contributed by atoms with Crippen molar-refractivity contribution in [2.75, 3.05) is 0 Å². The number of amides is 2. The number of ether oxygens (including phenoxy) is 1. The van der Waals surface area contributed by atoms with Crippen LogP contribution in [0.4, 0.5) is 13.2 Å². The summed E-state index contributed by atoms with van der Waals surface area (Å²) in [4.78, 5) is 43.4. The molecule has 1 aliphatic carbocycles. The number of halogens is 4. The number of nitrogens with one attached hydrogen (secondary N) is 1. The summed E-state index contributed by atoms with van der Waals surface area (Å²) in [6, 6.07) is 16.7. The minimum atomic E-state index is -4.69. The van der Waals surface area contributed by atoms with E-state index in [-0.39, 0.29) is 53.1 Å². The smallest absolute Gasteiger partial charge is 0.417 e. The lowest BCUT2D eigenvalue weighted by atomic mass is 10.1. The van der Waals surface area contributed by atoms with Crippen molar-refractivity contribution in [3.63, 3.8) is 0 Å². The molecule has 3 aromatic carbocycles. The molecule has 2 amide bonds. The van der Waals surface area contributed by atoms with Crippen LogP contribution in [0.2, 0.25) is 0 Å². The van der Waals surface area contributed by atoms with E-state index in [2.05, 4.69) is 31.4 Å². The van der Waals surface area contributed by atoms with Crippen LogP contribution in [-0.4, -0.2) is 48.2 Å². The van der Waals surface area contributed by atoms with E-state index in [1.807, 2.05) is 0 Å². The second-order valence-electron chi connectivity index (χ2n) is 12.3. The molecule has 1 saturated carbocycles. The third-order valence-electron chi connectivity index (χ3n) is 8.67. The van der Waals surface area contributed by atoms with E-state index >= 15 is 0 Å². The molecule has 1 atom stereocenters. The first-order valence-electron chi connectivity index (χ1n) is 15.8. The zero-order valence-electron chi connectivity index (χ0n) is 26.8. The van der Waals surface area contributed by atoms with Crippen LogP contribution in [0.5, 0.6) is 5.75 Å². The fourth-order valence-electron chi connectivity index (χ4n) is 6.00. The van der Waals surface area contributed by atoms with E-state index in [0.29, 0.717) is 28.5 Å². The molecule has 1 aliphatic heterocycles. The second kappa shape index (κ2) is 12.9. The Hall–Kier alpha value is -5.18. The van der Waals surface area contributed by atoms with Gasteiger partial charge in [0.15, 0.2) is 0 Å². The number of aryl methyl sites for hydroxylation is 1. The number of aromatic nitrogens is 4. The topological polar surface area (TPSA) is 124 Å². The first-order chi connectivity index (χ1) is 23.9. The quantitative estimate of drug-likeness (QED) is 0.198. The third-order valence-corrected chi connectivity index (χ3v) is 9.37. The van der Waals surface area contributed by atoms with Gasteiger partial charge in [0.05, 0.1) is 29.6 Å². The third kappa shape index (κ3) is 6.44. The van der Waals surface area contributed by atoms with Crippen molar-refractivity contribution < 1.29 is 31.9 Å². The maximum atomic E-state index is 14.2. The van der Waals surface area contributed by atoms with Gasteiger partial charge in [0.25, 0.3) is 11.8 Å². The average Bonchev–Trinajstić information content (AvgIpc) is 3.73. The van der Waals surface area contributed by atoms with Crippen molar-refractivity contribution in [1.29, 1.82) is 0 Å². The first kappa shape index (κ1) is 33.3. The van der Waals surface area contributed by atoms with Crippen molar-refractivity contribution in [3.8, 4) is 22.9 Å². The van der Waals surface area contributed by atoms with Crippen molar-refractivity contribution in [3.05, 3.63) is 116 Å². The van der Waals surface area contributed by atoms with Crippen molar-refractivity contribution in [2.45, 2.75) is 64.6 Å². The van der Waals surface area contributed by atoms with Crippen LogP contribution in [0.1, 0.15) is 63.3 Å². The summed E-state index contributed by atoms with van der Waals surface area (Å²) < 4.78 is 55.1. The maximum absolute atomic E-state index is 14.2. The highest BCUT2D eigenvalue weighted by Gasteiger charge is 2.37. The van der Waals surface area contributed by atoms with Gasteiger partial charge in [0, 0.05) is 41.7 Å². The monoisotopic (exact) mass is 750 g/mol. The number of benzene rings is 3. The Kier molecular flexibility index (Phi) is 8.62. The Morgan fingerprint density at radius 2 is 1.80 bits per heavy atom. The van der Waals surface area contributed by atoms with Crippen molar-refractivity contribution in [1.82, 2.24) is 29.5 Å². The molecule has 2 aromatic heterocycles. The van der Waals surface area contributed by atoms with Gasteiger partial charge in [-0.15, -0.1) is 10.2 Å². The van der Waals surface area contributed by atoms with Crippen molar-refractivity contribution in [2.24, 2.45) is 0 Å². The Morgan fingerprint density at radius 1 is 1.06 bits per heavy atom. The van der Waals surface area contributed by atoms with Gasteiger partial charge in [0.2, 0.25) is 11.8 Å². The molecule has 1 fully saturated rings. The highest BCUT2D eigenvalue weighted by Crippen LogP contribution is 2.36. The maximum Gasteiger partial charge on any atom is 0.417 e. The number of imidazole rings is 1. The molecule has 0 saturated heterocycles. The molecule has 0 spiro atoms. The summed E-state index contributed by atoms with van der Waals surface area (Å²) in [6.07, 6.45) is -2.59. The van der Waals surface area contributed by atoms with Gasteiger partial charge in [-0.1, -0.05) is 34.1 Å². The van der Waals surface area contributed by atoms with Crippen LogP contribution in [0.3, 0.4) is 0 Å². The molecule has 3 heterocycles. The van der Waals surface area contributed by atoms with Gasteiger partial charge in [0.1, 0.15) is 11.4 Å². The molecule has 15 heteroatoms. The largest absolute Gasteiger partial charge is 0.490 e. The SMILES string of the molecule is Cc1nnc(-c2ccccc2CNC(=O)c2c3n(c(=O)n2-c2ccc(OC4CC4)cc2)C[C@@H](C)N(C(=O)c2ccc(Br)c(C(F)(F)F)c2)C3)o1. The van der Waals surface area contributed by atoms with Crippen LogP contribution in [0.25, 0.3) is 17.1 Å². The summed E-state index contributed by atoms with van der Waals surface area (Å²) >= 11 is 2.92. The average molecular weight is 752 g/mol. The molecule has 7 rings (SSSR count). The normalized spacial score (nSPS) is 15.9. The number of fused-ring (bicyclic) bond motifs is 1. The molecule has 0 radical (unpaired) electrons. The van der Waals surface area contributed by atoms with Gasteiger partial charge < -0.3 is 19.4 Å². The highest BCUT2D eigenvalue weighted by atomic mass is 79.9. The number of rotatable bonds is 8. The van der Waals surface area contributed by atoms with Gasteiger partial charge in [-0.2, -0.15) is 13.2 Å². The van der Waals surface area contributed by atoms with Crippen LogP contribution >= 0.6 is 15.9 Å². The molecule has 50 heavy (non-hydrogen) atoms. The van der Waals surface area contributed by atoms with E-state index < -0.39 is 35.3 Å². The van der Waals surface area contributed by atoms with Crippen molar-refractivity contribution >= 4 is 27.7 Å². The summed E-state index contributed by atoms with van der Waals surface area (Å²) in [5, 5.41) is 10.9. The second-order valence-corrected chi connectivity index (χ2v) is 13.1. The molecule has 0 bridgehead atoms. The number of nitrogens with zero attached hydrogens (tertiary/aromatic N) is 5. The molecule has 1 N–H and O–H groups in total. The highest BCUT2D eigenvalue weighted by molar-refractivity contribution is 9.10. The minimum absolute atomic E-state index is 0.00605. The Bertz CT molecular complexity index is 2170. The fraction of sp³-hybridized carbons (Fsp3) is 0.286. The lowest BCUT2D eigenvalue weighted by Gasteiger charge is -2.34. The zero-order chi connectivity index (χ0) is 35.3. The number of hydrogen-bond donors (Lipinski definition) is 1. The molecule has 11 nitrogen and oxygen atoms in total. The van der Waals surface area contributed by atoms with Crippen LogP contribution < -0.4 is 15.7 Å². The molecule has 0 unspecified atom stereocenters. The molecule has 258 valence electrons. The summed E-state index contributed by atoms with van der Waals surface area (Å²) in [5.74, 6) is 0.0197. The molecular formula is C35H30BrF3N6O5. The summed E-state index contributed by atoms with van der Waals surface area (Å²) in [5.41, 5.74) is 0.280. The standard InChI is InChI=1S/C35H30BrF3N6O5/c1-19-17-44-29(18-43(19)33(47)21-7-14-28(36)27(15-21)35(37,38)39)30(45(34(44)48)23-8-10-24(11-9-23)50-25-12-13-25)31(46)40-16-22-5-3-4-6-26(22)32-42-41-20(2)49-32/h3-11,14-15,19,25H,12-13,16-18H2,1-2H3,(H,40,46)/t19-/m1/s1. The Labute approximate surface area is 291 Å². The van der Waals surface area contributed by atoms with E-state index in [1.54, 1.807) is 62.4 Å². The van der Waals surface area contributed by atoms with Crippen LogP contribution in [-0.2, 0) is 25.8 Å². The zero-order valence-corrected chi connectivity index (χ0v) is 28.4. The van der Waals surface area contributed by atoms with Crippen LogP contribution in [0, 0.1) is 6.92 Å². The van der Waals surface area contributed by atoms with Gasteiger partial charge >= 0.3 is 11.9 Å². The Balaban J connectivity index is 1.26. The lowest BCUT2D eigenvalue weighted by Crippen LogP contribution is -2.47. The Morgan fingerprint density at radius 3 is 2.48 bits per heavy atom. The van der Waals surface area contributed by atoms with E-state index in [4.69, 9.17) is 9.15 Å². The fourth-order valence-corrected chi connectivity index (χ4v) is 6.47. The van der Waals surface area contributed by atoms with Crippen LogP contribution in [0.15, 0.2) is 80.4 Å². The lowest BCUT2D eigenvalue weighted by molar-refractivity contribution is -0.138. The first-order valence-corrected chi connectivity index (χ1v) is 16.6. The summed E-state index contributed by atoms with van der Waals surface area (Å²) in [6.45, 7) is 3.21. The number of hydrogen-bond acceptors (Lipinski definition) is 7.